The van der Waals surface area contributed by atoms with Gasteiger partial charge in [0.25, 0.3) is 7.22 Å². The van der Waals surface area contributed by atoms with E-state index in [4.69, 9.17) is 0 Å². The van der Waals surface area contributed by atoms with Crippen LogP contribution in [0.2, 0.25) is 0 Å². The molecule has 0 N–H and O–H groups in total. The molecule has 0 aromatic carbocycles. The lowest BCUT2D eigenvalue weighted by atomic mass is 10.1. The minimum absolute atomic E-state index is 0.666. The second-order valence-electron chi connectivity index (χ2n) is 4.43. The molecule has 27 heavy (non-hydrogen) atoms. The molecule has 0 aliphatic rings. The van der Waals surface area contributed by atoms with E-state index >= 15 is 0 Å². The minimum Gasteiger partial charge on any atom is -0.322 e. The van der Waals surface area contributed by atoms with Crippen LogP contribution in [0.4, 0.5) is 61.5 Å². The molecule has 2 unspecified atom stereocenters. The Morgan fingerprint density at radius 1 is 0.481 bits per heavy atom. The highest BCUT2D eigenvalue weighted by Gasteiger charge is 2.86. The monoisotopic (exact) mass is 790 g/mol. The molecular weight excluding hydrogens is 792 g/mol. The average molecular weight is 792 g/mol. The molecule has 0 spiro atoms. The summed E-state index contributed by atoms with van der Waals surface area (Å²) in [6, 6.07) is 0. The van der Waals surface area contributed by atoms with E-state index in [1.165, 1.54) is 0 Å². The Balaban J connectivity index is 6.92. The van der Waals surface area contributed by atoms with E-state index in [1.54, 1.807) is 0 Å². The van der Waals surface area contributed by atoms with Gasteiger partial charge in [-0.05, 0) is 77.0 Å². The fraction of sp³-hybridized carbons (Fsp3) is 1.00. The summed E-state index contributed by atoms with van der Waals surface area (Å²) in [5.74, 6) is -13.8. The second-order valence-corrected chi connectivity index (χ2v) is 9.46. The fourth-order valence-electron chi connectivity index (χ4n) is 1.16. The van der Waals surface area contributed by atoms with Crippen LogP contribution < -0.4 is 0 Å². The Labute approximate surface area is 183 Å². The van der Waals surface area contributed by atoms with Crippen LogP contribution in [0.25, 0.3) is 0 Å². The van der Waals surface area contributed by atoms with E-state index in [-0.39, 0.29) is 0 Å². The quantitative estimate of drug-likeness (QED) is 0.153. The molecule has 0 saturated heterocycles. The predicted molar refractivity (Wildman–Crippen MR) is 84.3 cm³/mol. The maximum atomic E-state index is 13.5. The average Bonchev–Trinajstić information content (AvgIpc) is 2.32. The van der Waals surface area contributed by atoms with E-state index in [1.807, 2.05) is 0 Å². The van der Waals surface area contributed by atoms with Gasteiger partial charge in [0.15, 0.2) is 0 Å². The van der Waals surface area contributed by atoms with Gasteiger partial charge >= 0.3 is 33.9 Å². The van der Waals surface area contributed by atoms with Crippen LogP contribution in [-0.2, 0) is 4.74 Å². The van der Waals surface area contributed by atoms with Crippen molar-refractivity contribution in [2.75, 3.05) is 0 Å². The summed E-state index contributed by atoms with van der Waals surface area (Å²) in [6.45, 7) is 0. The molecule has 0 heterocycles. The van der Waals surface area contributed by atoms with Crippen LogP contribution in [0.15, 0.2) is 0 Å². The highest BCUT2D eigenvalue weighted by atomic mass is 127. The van der Waals surface area contributed by atoms with Crippen molar-refractivity contribution < 1.29 is 66.2 Å². The standard InChI is InChI=1S/C8Br2F14I2O/c9-5(15,16)3(25,1(11,12)7(19,20)21)27-4(26,6(10,17)18)2(13,14)8(22,23)24. The fourth-order valence-corrected chi connectivity index (χ4v) is 3.51. The van der Waals surface area contributed by atoms with Gasteiger partial charge in [-0.25, -0.2) is 0 Å². The van der Waals surface area contributed by atoms with Crippen LogP contribution >= 0.6 is 77.0 Å². The molecule has 2 atom stereocenters. The van der Waals surface area contributed by atoms with Gasteiger partial charge in [-0.2, -0.15) is 61.5 Å². The molecular formula is C8Br2F14I2O. The van der Waals surface area contributed by atoms with Gasteiger partial charge in [-0.15, -0.1) is 0 Å². The van der Waals surface area contributed by atoms with Crippen molar-refractivity contribution in [1.29, 1.82) is 0 Å². The minimum atomic E-state index is -7.03. The zero-order chi connectivity index (χ0) is 22.7. The predicted octanol–water partition coefficient (Wildman–Crippen LogP) is 7.64. The molecule has 0 bridgehead atoms. The van der Waals surface area contributed by atoms with E-state index in [0.29, 0.717) is 0 Å². The van der Waals surface area contributed by atoms with Crippen molar-refractivity contribution in [1.82, 2.24) is 0 Å². The molecule has 0 aromatic rings. The van der Waals surface area contributed by atoms with Crippen molar-refractivity contribution in [2.24, 2.45) is 0 Å². The van der Waals surface area contributed by atoms with Gasteiger partial charge in [-0.3, -0.25) is 0 Å². The van der Waals surface area contributed by atoms with Crippen LogP contribution in [0, 0.1) is 0 Å². The van der Waals surface area contributed by atoms with Crippen molar-refractivity contribution >= 4 is 77.0 Å². The lowest BCUT2D eigenvalue weighted by Crippen LogP contribution is -2.70. The second kappa shape index (κ2) is 7.52. The first-order valence-electron chi connectivity index (χ1n) is 5.31. The summed E-state index contributed by atoms with van der Waals surface area (Å²) in [6.07, 6.45) is -14.1. The Morgan fingerprint density at radius 2 is 0.667 bits per heavy atom. The first-order chi connectivity index (χ1) is 11.2. The molecule has 0 radical (unpaired) electrons. The summed E-state index contributed by atoms with van der Waals surface area (Å²) in [5.41, 5.74) is 0. The van der Waals surface area contributed by atoms with Crippen LogP contribution in [-0.4, -0.2) is 41.1 Å². The molecule has 19 heteroatoms. The van der Waals surface area contributed by atoms with E-state index < -0.39 is 86.3 Å². The van der Waals surface area contributed by atoms with Crippen LogP contribution in [0.1, 0.15) is 0 Å². The van der Waals surface area contributed by atoms with Crippen molar-refractivity contribution in [2.45, 2.75) is 41.1 Å². The third-order valence-electron chi connectivity index (χ3n) is 2.53. The lowest BCUT2D eigenvalue weighted by Gasteiger charge is -2.47. The van der Waals surface area contributed by atoms with Crippen LogP contribution in [0.3, 0.4) is 0 Å². The summed E-state index contributed by atoms with van der Waals surface area (Å²) < 4.78 is 174. The zero-order valence-electron chi connectivity index (χ0n) is 11.2. The van der Waals surface area contributed by atoms with E-state index in [0.717, 1.165) is 31.9 Å². The number of hydrogen-bond acceptors (Lipinski definition) is 1. The maximum Gasteiger partial charge on any atom is 0.457 e. The van der Waals surface area contributed by atoms with Gasteiger partial charge < -0.3 is 4.74 Å². The molecule has 164 valence electrons. The lowest BCUT2D eigenvalue weighted by molar-refractivity contribution is -0.392. The third kappa shape index (κ3) is 4.69. The van der Waals surface area contributed by atoms with Crippen LogP contribution in [0.5, 0.6) is 0 Å². The summed E-state index contributed by atoms with van der Waals surface area (Å²) in [7, 11) is 0. The summed E-state index contributed by atoms with van der Waals surface area (Å²) >= 11 is 0.529. The van der Waals surface area contributed by atoms with Gasteiger partial charge in [0, 0.05) is 0 Å². The largest absolute Gasteiger partial charge is 0.457 e. The summed E-state index contributed by atoms with van der Waals surface area (Å²) in [4.78, 5) is -11.5. The SMILES string of the molecule is FC(F)(F)C(F)(F)C(I)(OC(I)(C(F)(F)Br)C(F)(F)C(F)(F)F)C(F)(F)Br. The van der Waals surface area contributed by atoms with Gasteiger partial charge in [0.1, 0.15) is 0 Å². The number of alkyl halides is 18. The first kappa shape index (κ1) is 28.4. The number of ether oxygens (including phenoxy) is 1. The molecule has 0 amide bonds. The molecule has 0 fully saturated rings. The van der Waals surface area contributed by atoms with E-state index in [9.17, 15) is 61.5 Å². The van der Waals surface area contributed by atoms with E-state index in [2.05, 4.69) is 4.74 Å². The van der Waals surface area contributed by atoms with Gasteiger partial charge in [-0.1, -0.05) is 0 Å². The summed E-state index contributed by atoms with van der Waals surface area (Å²) in [5, 5.41) is 0. The molecule has 0 rings (SSSR count). The van der Waals surface area contributed by atoms with Crippen molar-refractivity contribution in [3.8, 4) is 0 Å². The smallest absolute Gasteiger partial charge is 0.322 e. The topological polar surface area (TPSA) is 9.23 Å². The van der Waals surface area contributed by atoms with Gasteiger partial charge in [0.2, 0.25) is 0 Å². The Kier molecular flexibility index (Phi) is 7.91. The Bertz CT molecular complexity index is 503. The maximum absolute atomic E-state index is 13.5. The molecule has 0 aromatic heterocycles. The molecule has 1 nitrogen and oxygen atoms in total. The highest BCUT2D eigenvalue weighted by molar-refractivity contribution is 14.1. The first-order valence-corrected chi connectivity index (χ1v) is 9.05. The zero-order valence-corrected chi connectivity index (χ0v) is 18.7. The number of rotatable bonds is 6. The molecule has 0 aliphatic carbocycles. The molecule has 0 aliphatic heterocycles. The molecule has 0 saturated carbocycles. The van der Waals surface area contributed by atoms with Gasteiger partial charge in [0.05, 0.1) is 0 Å². The third-order valence-corrected chi connectivity index (χ3v) is 8.28. The van der Waals surface area contributed by atoms with Crippen molar-refractivity contribution in [3.05, 3.63) is 0 Å². The number of hydrogen-bond donors (Lipinski definition) is 0. The highest BCUT2D eigenvalue weighted by Crippen LogP contribution is 2.65. The Morgan fingerprint density at radius 3 is 0.778 bits per heavy atom. The Hall–Kier alpha value is 1.40. The number of halogens is 18. The van der Waals surface area contributed by atoms with Crippen molar-refractivity contribution in [3.63, 3.8) is 0 Å². The normalized spacial score (nSPS) is 20.2.